The summed E-state index contributed by atoms with van der Waals surface area (Å²) in [4.78, 5) is 2.25. The van der Waals surface area contributed by atoms with E-state index in [0.717, 1.165) is 18.1 Å². The molecule has 0 aliphatic heterocycles. The molecule has 134 valence electrons. The van der Waals surface area contributed by atoms with E-state index in [9.17, 15) is 8.42 Å². The SMILES string of the molecule is CCN(CC)Cc1nnc(NS(=O)(=O)c2ccccc2OC)s1.Cl. The van der Waals surface area contributed by atoms with Gasteiger partial charge in [0.15, 0.2) is 0 Å². The molecule has 2 rings (SSSR count). The van der Waals surface area contributed by atoms with Crippen molar-refractivity contribution >= 4 is 38.9 Å². The molecule has 1 heterocycles. The summed E-state index contributed by atoms with van der Waals surface area (Å²) in [5.41, 5.74) is 0. The molecule has 0 aliphatic rings. The summed E-state index contributed by atoms with van der Waals surface area (Å²) in [5, 5.41) is 8.97. The van der Waals surface area contributed by atoms with Gasteiger partial charge in [0.25, 0.3) is 10.0 Å². The fourth-order valence-electron chi connectivity index (χ4n) is 2.01. The molecule has 1 N–H and O–H groups in total. The zero-order chi connectivity index (χ0) is 16.9. The number of hydrogen-bond acceptors (Lipinski definition) is 7. The minimum Gasteiger partial charge on any atom is -0.495 e. The smallest absolute Gasteiger partial charge is 0.267 e. The van der Waals surface area contributed by atoms with Gasteiger partial charge in [-0.3, -0.25) is 9.62 Å². The summed E-state index contributed by atoms with van der Waals surface area (Å²) in [6.45, 7) is 6.59. The number of benzene rings is 1. The average molecular weight is 393 g/mol. The number of aromatic nitrogens is 2. The number of halogens is 1. The van der Waals surface area contributed by atoms with Crippen LogP contribution in [0.3, 0.4) is 0 Å². The van der Waals surface area contributed by atoms with Crippen LogP contribution in [-0.2, 0) is 16.6 Å². The molecular weight excluding hydrogens is 372 g/mol. The second kappa shape index (κ2) is 9.16. The molecule has 0 unspecified atom stereocenters. The molecular formula is C14H21ClN4O3S2. The van der Waals surface area contributed by atoms with Gasteiger partial charge in [-0.15, -0.1) is 22.6 Å². The zero-order valence-corrected chi connectivity index (χ0v) is 16.2. The normalized spacial score (nSPS) is 11.2. The van der Waals surface area contributed by atoms with Crippen LogP contribution >= 0.6 is 23.7 Å². The van der Waals surface area contributed by atoms with Crippen LogP contribution in [0.1, 0.15) is 18.9 Å². The molecule has 0 radical (unpaired) electrons. The molecule has 24 heavy (non-hydrogen) atoms. The molecule has 0 bridgehead atoms. The number of ether oxygens (including phenoxy) is 1. The number of sulfonamides is 1. The first-order valence-corrected chi connectivity index (χ1v) is 9.50. The van der Waals surface area contributed by atoms with E-state index in [1.165, 1.54) is 24.5 Å². The van der Waals surface area contributed by atoms with Crippen molar-refractivity contribution in [2.24, 2.45) is 0 Å². The van der Waals surface area contributed by atoms with E-state index in [1.807, 2.05) is 0 Å². The number of nitrogens with one attached hydrogen (secondary N) is 1. The average Bonchev–Trinajstić information content (AvgIpc) is 2.98. The summed E-state index contributed by atoms with van der Waals surface area (Å²) in [5.74, 6) is 0.285. The molecule has 1 aromatic heterocycles. The van der Waals surface area contributed by atoms with Gasteiger partial charge in [0.1, 0.15) is 15.7 Å². The van der Waals surface area contributed by atoms with Crippen LogP contribution in [0.25, 0.3) is 0 Å². The number of para-hydroxylation sites is 1. The van der Waals surface area contributed by atoms with Crippen molar-refractivity contribution in [2.45, 2.75) is 25.3 Å². The third kappa shape index (κ3) is 5.04. The van der Waals surface area contributed by atoms with E-state index in [4.69, 9.17) is 4.74 Å². The van der Waals surface area contributed by atoms with Crippen molar-refractivity contribution in [1.29, 1.82) is 0 Å². The second-order valence-electron chi connectivity index (χ2n) is 4.72. The second-order valence-corrected chi connectivity index (χ2v) is 7.43. The Bertz CT molecular complexity index is 748. The number of rotatable bonds is 8. The summed E-state index contributed by atoms with van der Waals surface area (Å²) in [7, 11) is -2.33. The number of anilines is 1. The number of nitrogens with zero attached hydrogens (tertiary/aromatic N) is 3. The lowest BCUT2D eigenvalue weighted by Gasteiger charge is -2.15. The fourth-order valence-corrected chi connectivity index (χ4v) is 4.19. The Morgan fingerprint density at radius 2 is 1.88 bits per heavy atom. The Morgan fingerprint density at radius 3 is 2.50 bits per heavy atom. The van der Waals surface area contributed by atoms with Crippen molar-refractivity contribution in [2.75, 3.05) is 24.9 Å². The summed E-state index contributed by atoms with van der Waals surface area (Å²) < 4.78 is 32.5. The lowest BCUT2D eigenvalue weighted by molar-refractivity contribution is 0.294. The molecule has 0 spiro atoms. The molecule has 0 amide bonds. The maximum absolute atomic E-state index is 12.5. The van der Waals surface area contributed by atoms with Crippen LogP contribution < -0.4 is 9.46 Å². The van der Waals surface area contributed by atoms with E-state index >= 15 is 0 Å². The van der Waals surface area contributed by atoms with Crippen LogP contribution in [0.4, 0.5) is 5.13 Å². The number of methoxy groups -OCH3 is 1. The molecule has 0 atom stereocenters. The monoisotopic (exact) mass is 392 g/mol. The van der Waals surface area contributed by atoms with E-state index in [0.29, 0.717) is 6.54 Å². The predicted molar refractivity (Wildman–Crippen MR) is 97.6 cm³/mol. The van der Waals surface area contributed by atoms with E-state index < -0.39 is 10.0 Å². The van der Waals surface area contributed by atoms with Crippen LogP contribution in [-0.4, -0.2) is 43.7 Å². The molecule has 0 aliphatic carbocycles. The van der Waals surface area contributed by atoms with Crippen molar-refractivity contribution < 1.29 is 13.2 Å². The Morgan fingerprint density at radius 1 is 1.21 bits per heavy atom. The highest BCUT2D eigenvalue weighted by Gasteiger charge is 2.21. The third-order valence-corrected chi connectivity index (χ3v) is 5.63. The van der Waals surface area contributed by atoms with E-state index in [-0.39, 0.29) is 28.2 Å². The topological polar surface area (TPSA) is 84.4 Å². The Kier molecular flexibility index (Phi) is 7.88. The lowest BCUT2D eigenvalue weighted by atomic mass is 10.3. The van der Waals surface area contributed by atoms with Gasteiger partial charge in [-0.05, 0) is 25.2 Å². The Labute approximate surface area is 152 Å². The lowest BCUT2D eigenvalue weighted by Crippen LogP contribution is -2.21. The quantitative estimate of drug-likeness (QED) is 0.743. The molecule has 0 saturated heterocycles. The molecule has 1 aromatic carbocycles. The first-order valence-electron chi connectivity index (χ1n) is 7.20. The van der Waals surface area contributed by atoms with Gasteiger partial charge in [-0.1, -0.05) is 37.3 Å². The molecule has 0 fully saturated rings. The summed E-state index contributed by atoms with van der Waals surface area (Å²) >= 11 is 1.23. The highest BCUT2D eigenvalue weighted by atomic mass is 35.5. The van der Waals surface area contributed by atoms with Crippen LogP contribution in [0, 0.1) is 0 Å². The van der Waals surface area contributed by atoms with Crippen LogP contribution in [0.5, 0.6) is 5.75 Å². The summed E-state index contributed by atoms with van der Waals surface area (Å²) in [6, 6.07) is 6.44. The van der Waals surface area contributed by atoms with Gasteiger partial charge < -0.3 is 4.74 Å². The maximum Gasteiger partial charge on any atom is 0.267 e. The molecule has 2 aromatic rings. The van der Waals surface area contributed by atoms with Gasteiger partial charge in [-0.2, -0.15) is 0 Å². The molecule has 10 heteroatoms. The first kappa shape index (κ1) is 20.6. The fraction of sp³-hybridized carbons (Fsp3) is 0.429. The Balaban J connectivity index is 0.00000288. The van der Waals surface area contributed by atoms with Gasteiger partial charge in [0.05, 0.1) is 13.7 Å². The Hall–Kier alpha value is -1.42. The third-order valence-electron chi connectivity index (χ3n) is 3.30. The highest BCUT2D eigenvalue weighted by molar-refractivity contribution is 7.93. The molecule has 0 saturated carbocycles. The number of hydrogen-bond donors (Lipinski definition) is 1. The summed E-state index contributed by atoms with van der Waals surface area (Å²) in [6.07, 6.45) is 0. The minimum absolute atomic E-state index is 0. The van der Waals surface area contributed by atoms with E-state index in [2.05, 4.69) is 33.7 Å². The van der Waals surface area contributed by atoms with Gasteiger partial charge >= 0.3 is 0 Å². The zero-order valence-electron chi connectivity index (χ0n) is 13.7. The van der Waals surface area contributed by atoms with Crippen LogP contribution in [0.2, 0.25) is 0 Å². The van der Waals surface area contributed by atoms with Gasteiger partial charge in [-0.25, -0.2) is 8.42 Å². The first-order chi connectivity index (χ1) is 11.0. The highest BCUT2D eigenvalue weighted by Crippen LogP contribution is 2.26. The van der Waals surface area contributed by atoms with Gasteiger partial charge in [0, 0.05) is 0 Å². The van der Waals surface area contributed by atoms with Crippen LogP contribution in [0.15, 0.2) is 29.2 Å². The van der Waals surface area contributed by atoms with E-state index in [1.54, 1.807) is 18.2 Å². The predicted octanol–water partition coefficient (Wildman–Crippen LogP) is 2.61. The molecule has 7 nitrogen and oxygen atoms in total. The maximum atomic E-state index is 12.5. The van der Waals surface area contributed by atoms with Crippen molar-refractivity contribution in [3.05, 3.63) is 29.3 Å². The van der Waals surface area contributed by atoms with Crippen molar-refractivity contribution in [3.63, 3.8) is 0 Å². The standard InChI is InChI=1S/C14H20N4O3S2.ClH/c1-4-18(5-2)10-13-15-16-14(22-13)17-23(19,20)12-9-7-6-8-11(12)21-3;/h6-9H,4-5,10H2,1-3H3,(H,16,17);1H. The minimum atomic E-state index is -3.76. The van der Waals surface area contributed by atoms with Crippen molar-refractivity contribution in [1.82, 2.24) is 15.1 Å². The van der Waals surface area contributed by atoms with Gasteiger partial charge in [0.2, 0.25) is 5.13 Å². The van der Waals surface area contributed by atoms with Crippen molar-refractivity contribution in [3.8, 4) is 5.75 Å². The largest absolute Gasteiger partial charge is 0.495 e.